The summed E-state index contributed by atoms with van der Waals surface area (Å²) in [5.74, 6) is -3.49. The van der Waals surface area contributed by atoms with E-state index in [0.717, 1.165) is 25.0 Å². The van der Waals surface area contributed by atoms with Gasteiger partial charge in [0.25, 0.3) is 0 Å². The van der Waals surface area contributed by atoms with E-state index in [1.807, 2.05) is 6.92 Å². The Kier molecular flexibility index (Phi) is 5.23. The topological polar surface area (TPSA) is 58.2 Å². The minimum atomic E-state index is -0.975. The number of nitrogens with one attached hydrogen (secondary N) is 2. The van der Waals surface area contributed by atoms with Crippen molar-refractivity contribution >= 4 is 17.5 Å². The molecule has 0 saturated carbocycles. The first kappa shape index (κ1) is 14.1. The van der Waals surface area contributed by atoms with Crippen LogP contribution in [0.4, 0.5) is 14.5 Å². The molecule has 0 spiro atoms. The van der Waals surface area contributed by atoms with Crippen LogP contribution in [0, 0.1) is 11.6 Å². The molecule has 98 valence electrons. The van der Waals surface area contributed by atoms with Crippen molar-refractivity contribution < 1.29 is 18.4 Å². The van der Waals surface area contributed by atoms with Gasteiger partial charge in [0.2, 0.25) is 0 Å². The molecule has 0 unspecified atom stereocenters. The van der Waals surface area contributed by atoms with Crippen LogP contribution in [0.2, 0.25) is 0 Å². The van der Waals surface area contributed by atoms with Gasteiger partial charge in [-0.25, -0.2) is 8.78 Å². The van der Waals surface area contributed by atoms with Gasteiger partial charge in [0.05, 0.1) is 5.69 Å². The Labute approximate surface area is 103 Å². The van der Waals surface area contributed by atoms with E-state index in [0.29, 0.717) is 12.6 Å². The molecular formula is C12H14F2N2O2. The van der Waals surface area contributed by atoms with E-state index in [4.69, 9.17) is 0 Å². The molecule has 18 heavy (non-hydrogen) atoms. The number of amides is 2. The fourth-order valence-electron chi connectivity index (χ4n) is 1.23. The van der Waals surface area contributed by atoms with Crippen molar-refractivity contribution in [3.63, 3.8) is 0 Å². The van der Waals surface area contributed by atoms with E-state index < -0.39 is 23.4 Å². The summed E-state index contributed by atoms with van der Waals surface area (Å²) in [5, 5.41) is 4.46. The van der Waals surface area contributed by atoms with Crippen LogP contribution in [0.25, 0.3) is 0 Å². The highest BCUT2D eigenvalue weighted by Crippen LogP contribution is 2.14. The van der Waals surface area contributed by atoms with Gasteiger partial charge in [-0.3, -0.25) is 9.59 Å². The van der Waals surface area contributed by atoms with Gasteiger partial charge >= 0.3 is 11.8 Å². The minimum Gasteiger partial charge on any atom is -0.348 e. The number of hydrogen-bond donors (Lipinski definition) is 2. The number of unbranched alkanes of at least 4 members (excludes halogenated alkanes) is 1. The number of rotatable bonds is 4. The zero-order valence-electron chi connectivity index (χ0n) is 9.93. The van der Waals surface area contributed by atoms with Gasteiger partial charge in [0.15, 0.2) is 0 Å². The summed E-state index contributed by atoms with van der Waals surface area (Å²) >= 11 is 0. The lowest BCUT2D eigenvalue weighted by Crippen LogP contribution is -2.36. The van der Waals surface area contributed by atoms with E-state index in [1.54, 1.807) is 0 Å². The van der Waals surface area contributed by atoms with Crippen LogP contribution in [-0.4, -0.2) is 18.4 Å². The molecule has 0 aliphatic heterocycles. The van der Waals surface area contributed by atoms with Crippen molar-refractivity contribution in [3.05, 3.63) is 29.8 Å². The molecule has 0 bridgehead atoms. The van der Waals surface area contributed by atoms with Crippen molar-refractivity contribution in [2.45, 2.75) is 19.8 Å². The van der Waals surface area contributed by atoms with Crippen LogP contribution in [0.3, 0.4) is 0 Å². The van der Waals surface area contributed by atoms with Gasteiger partial charge < -0.3 is 10.6 Å². The van der Waals surface area contributed by atoms with Crippen molar-refractivity contribution in [2.24, 2.45) is 0 Å². The summed E-state index contributed by atoms with van der Waals surface area (Å²) < 4.78 is 25.8. The molecule has 0 atom stereocenters. The van der Waals surface area contributed by atoms with Crippen LogP contribution in [0.1, 0.15) is 19.8 Å². The summed E-state index contributed by atoms with van der Waals surface area (Å²) in [5.41, 5.74) is -0.230. The van der Waals surface area contributed by atoms with Gasteiger partial charge in [-0.05, 0) is 18.6 Å². The Balaban J connectivity index is 2.56. The number of anilines is 1. The van der Waals surface area contributed by atoms with Crippen LogP contribution < -0.4 is 10.6 Å². The Morgan fingerprint density at radius 1 is 1.22 bits per heavy atom. The molecule has 6 heteroatoms. The van der Waals surface area contributed by atoms with Crippen molar-refractivity contribution in [1.29, 1.82) is 0 Å². The van der Waals surface area contributed by atoms with E-state index in [2.05, 4.69) is 10.6 Å². The molecule has 0 radical (unpaired) electrons. The standard InChI is InChI=1S/C12H14F2N2O2/c1-2-3-6-15-11(17)12(18)16-10-5-4-8(13)7-9(10)14/h4-5,7H,2-3,6H2,1H3,(H,15,17)(H,16,18). The second-order valence-corrected chi connectivity index (χ2v) is 3.69. The molecule has 1 aromatic carbocycles. The Bertz CT molecular complexity index is 450. The van der Waals surface area contributed by atoms with Gasteiger partial charge in [-0.2, -0.15) is 0 Å². The zero-order valence-corrected chi connectivity index (χ0v) is 9.93. The minimum absolute atomic E-state index is 0.230. The molecule has 0 saturated heterocycles. The van der Waals surface area contributed by atoms with E-state index in [-0.39, 0.29) is 5.69 Å². The normalized spacial score (nSPS) is 9.94. The van der Waals surface area contributed by atoms with Crippen molar-refractivity contribution in [3.8, 4) is 0 Å². The monoisotopic (exact) mass is 256 g/mol. The number of hydrogen-bond acceptors (Lipinski definition) is 2. The van der Waals surface area contributed by atoms with Gasteiger partial charge in [-0.1, -0.05) is 13.3 Å². The highest BCUT2D eigenvalue weighted by molar-refractivity contribution is 6.39. The fraction of sp³-hybridized carbons (Fsp3) is 0.333. The highest BCUT2D eigenvalue weighted by atomic mass is 19.1. The third-order valence-electron chi connectivity index (χ3n) is 2.20. The van der Waals surface area contributed by atoms with Crippen LogP contribution >= 0.6 is 0 Å². The molecule has 2 amide bonds. The smallest absolute Gasteiger partial charge is 0.313 e. The van der Waals surface area contributed by atoms with Crippen LogP contribution in [0.15, 0.2) is 18.2 Å². The highest BCUT2D eigenvalue weighted by Gasteiger charge is 2.15. The molecule has 0 fully saturated rings. The first-order valence-corrected chi connectivity index (χ1v) is 5.58. The van der Waals surface area contributed by atoms with Crippen LogP contribution in [-0.2, 0) is 9.59 Å². The summed E-state index contributed by atoms with van der Waals surface area (Å²) in [6.07, 6.45) is 1.64. The molecule has 0 aliphatic carbocycles. The van der Waals surface area contributed by atoms with E-state index in [1.165, 1.54) is 0 Å². The molecule has 2 N–H and O–H groups in total. The average molecular weight is 256 g/mol. The number of carbonyl (C=O) groups is 2. The average Bonchev–Trinajstić information content (AvgIpc) is 2.32. The molecule has 0 heterocycles. The van der Waals surface area contributed by atoms with Gasteiger partial charge in [-0.15, -0.1) is 0 Å². The molecule has 1 rings (SSSR count). The second-order valence-electron chi connectivity index (χ2n) is 3.69. The van der Waals surface area contributed by atoms with Gasteiger partial charge in [0.1, 0.15) is 11.6 Å². The summed E-state index contributed by atoms with van der Waals surface area (Å²) in [7, 11) is 0. The largest absolute Gasteiger partial charge is 0.348 e. The SMILES string of the molecule is CCCCNC(=O)C(=O)Nc1ccc(F)cc1F. The zero-order chi connectivity index (χ0) is 13.5. The first-order valence-electron chi connectivity index (χ1n) is 5.58. The Morgan fingerprint density at radius 2 is 1.94 bits per heavy atom. The molecular weight excluding hydrogens is 242 g/mol. The van der Waals surface area contributed by atoms with Gasteiger partial charge in [0, 0.05) is 12.6 Å². The maximum Gasteiger partial charge on any atom is 0.313 e. The number of benzene rings is 1. The van der Waals surface area contributed by atoms with Crippen LogP contribution in [0.5, 0.6) is 0 Å². The molecule has 1 aromatic rings. The Hall–Kier alpha value is -1.98. The summed E-state index contributed by atoms with van der Waals surface area (Å²) in [4.78, 5) is 22.6. The second kappa shape index (κ2) is 6.68. The molecule has 0 aliphatic rings. The lowest BCUT2D eigenvalue weighted by molar-refractivity contribution is -0.136. The lowest BCUT2D eigenvalue weighted by Gasteiger charge is -2.06. The first-order chi connectivity index (χ1) is 8.54. The predicted octanol–water partition coefficient (Wildman–Crippen LogP) is 1.82. The Morgan fingerprint density at radius 3 is 2.56 bits per heavy atom. The summed E-state index contributed by atoms with van der Waals surface area (Å²) in [6.45, 7) is 2.33. The van der Waals surface area contributed by atoms with Crippen molar-refractivity contribution in [2.75, 3.05) is 11.9 Å². The third-order valence-corrected chi connectivity index (χ3v) is 2.20. The number of carbonyl (C=O) groups excluding carboxylic acids is 2. The number of halogens is 2. The lowest BCUT2D eigenvalue weighted by atomic mass is 10.3. The molecule has 0 aromatic heterocycles. The fourth-order valence-corrected chi connectivity index (χ4v) is 1.23. The quantitative estimate of drug-likeness (QED) is 0.637. The van der Waals surface area contributed by atoms with E-state index >= 15 is 0 Å². The van der Waals surface area contributed by atoms with Crippen molar-refractivity contribution in [1.82, 2.24) is 5.32 Å². The van der Waals surface area contributed by atoms with E-state index in [9.17, 15) is 18.4 Å². The third kappa shape index (κ3) is 4.12. The molecule has 4 nitrogen and oxygen atoms in total. The maximum absolute atomic E-state index is 13.2. The summed E-state index contributed by atoms with van der Waals surface area (Å²) in [6, 6.07) is 2.68. The predicted molar refractivity (Wildman–Crippen MR) is 62.9 cm³/mol. The maximum atomic E-state index is 13.2.